The van der Waals surface area contributed by atoms with Gasteiger partial charge >= 0.3 is 5.97 Å². The number of carbonyl (C=O) groups is 1. The number of thioether (sulfide) groups is 1. The van der Waals surface area contributed by atoms with Crippen LogP contribution in [0.1, 0.15) is 18.4 Å². The fourth-order valence-electron chi connectivity index (χ4n) is 2.25. The van der Waals surface area contributed by atoms with Gasteiger partial charge in [0, 0.05) is 11.8 Å². The second kappa shape index (κ2) is 7.64. The Morgan fingerprint density at radius 2 is 2.25 bits per heavy atom. The summed E-state index contributed by atoms with van der Waals surface area (Å²) in [4.78, 5) is 16.4. The molecule has 1 aromatic rings. The fourth-order valence-corrected chi connectivity index (χ4v) is 3.64. The Kier molecular flexibility index (Phi) is 5.85. The molecule has 0 bridgehead atoms. The highest BCUT2D eigenvalue weighted by Gasteiger charge is 2.37. The number of esters is 1. The van der Waals surface area contributed by atoms with Crippen molar-refractivity contribution in [3.8, 4) is 0 Å². The summed E-state index contributed by atoms with van der Waals surface area (Å²) in [6.45, 7) is 2.38. The summed E-state index contributed by atoms with van der Waals surface area (Å²) in [5, 5.41) is 11.8. The molecule has 0 aliphatic carbocycles. The zero-order valence-electron chi connectivity index (χ0n) is 11.3. The molecule has 1 aliphatic rings. The van der Waals surface area contributed by atoms with Gasteiger partial charge in [-0.25, -0.2) is 4.89 Å². The topological polar surface area (TPSA) is 67.8 Å². The molecule has 0 saturated carbocycles. The smallest absolute Gasteiger partial charge is 0.315 e. The first kappa shape index (κ1) is 15.3. The largest absolute Gasteiger partial charge is 0.465 e. The SMILES string of the molecule is CCOC(=O)[C@@H](c1ccccc1)[C@H]1N[C@@H](COO)CS1. The molecule has 1 aliphatic heterocycles. The van der Waals surface area contributed by atoms with E-state index in [2.05, 4.69) is 10.2 Å². The van der Waals surface area contributed by atoms with Gasteiger partial charge in [0.1, 0.15) is 5.92 Å². The van der Waals surface area contributed by atoms with E-state index < -0.39 is 0 Å². The maximum Gasteiger partial charge on any atom is 0.315 e. The van der Waals surface area contributed by atoms with Gasteiger partial charge in [0.05, 0.1) is 18.6 Å². The average Bonchev–Trinajstić information content (AvgIpc) is 2.89. The molecule has 5 nitrogen and oxygen atoms in total. The molecular weight excluding hydrogens is 278 g/mol. The molecule has 20 heavy (non-hydrogen) atoms. The van der Waals surface area contributed by atoms with Crippen molar-refractivity contribution in [1.29, 1.82) is 0 Å². The predicted octanol–water partition coefficient (Wildman–Crippen LogP) is 1.85. The van der Waals surface area contributed by atoms with Gasteiger partial charge in [0.25, 0.3) is 0 Å². The van der Waals surface area contributed by atoms with Crippen molar-refractivity contribution in [3.63, 3.8) is 0 Å². The third-order valence-electron chi connectivity index (χ3n) is 3.15. The third-order valence-corrected chi connectivity index (χ3v) is 4.52. The van der Waals surface area contributed by atoms with Crippen LogP contribution in [-0.2, 0) is 14.4 Å². The summed E-state index contributed by atoms with van der Waals surface area (Å²) in [5.41, 5.74) is 0.932. The lowest BCUT2D eigenvalue weighted by Gasteiger charge is -2.22. The molecular formula is C14H19NO4S. The number of ether oxygens (including phenoxy) is 1. The molecule has 0 radical (unpaired) electrons. The van der Waals surface area contributed by atoms with Crippen LogP contribution in [0.25, 0.3) is 0 Å². The van der Waals surface area contributed by atoms with Crippen LogP contribution in [0, 0.1) is 0 Å². The summed E-state index contributed by atoms with van der Waals surface area (Å²) < 4.78 is 5.19. The predicted molar refractivity (Wildman–Crippen MR) is 77.6 cm³/mol. The summed E-state index contributed by atoms with van der Waals surface area (Å²) in [5.74, 6) is 0.202. The van der Waals surface area contributed by atoms with Crippen LogP contribution < -0.4 is 5.32 Å². The summed E-state index contributed by atoms with van der Waals surface area (Å²) in [7, 11) is 0. The van der Waals surface area contributed by atoms with Crippen LogP contribution in [0.5, 0.6) is 0 Å². The highest BCUT2D eigenvalue weighted by molar-refractivity contribution is 8.00. The normalized spacial score (nSPS) is 23.5. The van der Waals surface area contributed by atoms with Gasteiger partial charge in [0.2, 0.25) is 0 Å². The molecule has 1 saturated heterocycles. The van der Waals surface area contributed by atoms with E-state index in [4.69, 9.17) is 9.99 Å². The number of carbonyl (C=O) groups excluding carboxylic acids is 1. The molecule has 3 atom stereocenters. The average molecular weight is 297 g/mol. The minimum absolute atomic E-state index is 0.0376. The Bertz CT molecular complexity index is 428. The van der Waals surface area contributed by atoms with Crippen molar-refractivity contribution in [2.75, 3.05) is 19.0 Å². The van der Waals surface area contributed by atoms with Gasteiger partial charge in [-0.3, -0.25) is 15.4 Å². The Labute approximate surface area is 122 Å². The van der Waals surface area contributed by atoms with Crippen LogP contribution in [-0.4, -0.2) is 41.6 Å². The minimum atomic E-state index is -0.357. The molecule has 1 aromatic carbocycles. The molecule has 0 aromatic heterocycles. The maximum absolute atomic E-state index is 12.2. The Morgan fingerprint density at radius 3 is 2.90 bits per heavy atom. The van der Waals surface area contributed by atoms with Crippen molar-refractivity contribution in [2.24, 2.45) is 0 Å². The Morgan fingerprint density at radius 1 is 1.50 bits per heavy atom. The number of benzene rings is 1. The Balaban J connectivity index is 2.13. The number of nitrogens with one attached hydrogen (secondary N) is 1. The minimum Gasteiger partial charge on any atom is -0.465 e. The van der Waals surface area contributed by atoms with Gasteiger partial charge in [-0.05, 0) is 12.5 Å². The second-order valence-electron chi connectivity index (χ2n) is 4.55. The molecule has 0 spiro atoms. The lowest BCUT2D eigenvalue weighted by molar-refractivity contribution is -0.245. The number of hydrogen-bond donors (Lipinski definition) is 2. The zero-order chi connectivity index (χ0) is 14.4. The lowest BCUT2D eigenvalue weighted by atomic mass is 9.98. The Hall–Kier alpha value is -1.08. The van der Waals surface area contributed by atoms with E-state index in [-0.39, 0.29) is 29.9 Å². The maximum atomic E-state index is 12.2. The fraction of sp³-hybridized carbons (Fsp3) is 0.500. The first-order valence-electron chi connectivity index (χ1n) is 6.61. The van der Waals surface area contributed by atoms with E-state index in [1.807, 2.05) is 30.3 Å². The summed E-state index contributed by atoms with van der Waals surface area (Å²) in [6.07, 6.45) is 0. The standard InChI is InChI=1S/C14H19NO4S/c1-2-18-14(16)12(10-6-4-3-5-7-10)13-15-11(8-19-17)9-20-13/h3-7,11-13,15,17H,2,8-9H2,1H3/t11-,12-,13-/m0/s1. The molecule has 110 valence electrons. The van der Waals surface area contributed by atoms with E-state index in [0.717, 1.165) is 11.3 Å². The summed E-state index contributed by atoms with van der Waals surface area (Å²) in [6, 6.07) is 9.64. The van der Waals surface area contributed by atoms with Gasteiger partial charge in [-0.2, -0.15) is 0 Å². The van der Waals surface area contributed by atoms with E-state index in [1.165, 1.54) is 0 Å². The monoisotopic (exact) mass is 297 g/mol. The zero-order valence-corrected chi connectivity index (χ0v) is 12.1. The van der Waals surface area contributed by atoms with Crippen molar-refractivity contribution in [2.45, 2.75) is 24.3 Å². The van der Waals surface area contributed by atoms with Gasteiger partial charge in [-0.15, -0.1) is 11.8 Å². The van der Waals surface area contributed by atoms with E-state index in [1.54, 1.807) is 18.7 Å². The van der Waals surface area contributed by atoms with E-state index in [0.29, 0.717) is 6.61 Å². The highest BCUT2D eigenvalue weighted by Crippen LogP contribution is 2.33. The number of hydrogen-bond acceptors (Lipinski definition) is 6. The molecule has 0 unspecified atom stereocenters. The van der Waals surface area contributed by atoms with E-state index in [9.17, 15) is 4.79 Å². The molecule has 0 amide bonds. The van der Waals surface area contributed by atoms with Crippen molar-refractivity contribution >= 4 is 17.7 Å². The van der Waals surface area contributed by atoms with E-state index >= 15 is 0 Å². The first-order chi connectivity index (χ1) is 9.76. The highest BCUT2D eigenvalue weighted by atomic mass is 32.2. The van der Waals surface area contributed by atoms with Crippen LogP contribution in [0.15, 0.2) is 30.3 Å². The quantitative estimate of drug-likeness (QED) is 0.474. The molecule has 2 rings (SSSR count). The van der Waals surface area contributed by atoms with Crippen molar-refractivity contribution < 1.29 is 19.7 Å². The van der Waals surface area contributed by atoms with Gasteiger partial charge in [0.15, 0.2) is 0 Å². The van der Waals surface area contributed by atoms with Gasteiger partial charge < -0.3 is 4.74 Å². The van der Waals surface area contributed by atoms with Crippen LogP contribution in [0.4, 0.5) is 0 Å². The number of rotatable bonds is 6. The second-order valence-corrected chi connectivity index (χ2v) is 5.73. The van der Waals surface area contributed by atoms with Crippen molar-refractivity contribution in [3.05, 3.63) is 35.9 Å². The van der Waals surface area contributed by atoms with Crippen molar-refractivity contribution in [1.82, 2.24) is 5.32 Å². The molecule has 1 fully saturated rings. The first-order valence-corrected chi connectivity index (χ1v) is 7.66. The van der Waals surface area contributed by atoms with Crippen LogP contribution >= 0.6 is 11.8 Å². The molecule has 1 heterocycles. The molecule has 6 heteroatoms. The van der Waals surface area contributed by atoms with Crippen LogP contribution in [0.3, 0.4) is 0 Å². The molecule has 2 N–H and O–H groups in total. The lowest BCUT2D eigenvalue weighted by Crippen LogP contribution is -2.39. The van der Waals surface area contributed by atoms with Gasteiger partial charge in [-0.1, -0.05) is 30.3 Å². The van der Waals surface area contributed by atoms with Crippen LogP contribution in [0.2, 0.25) is 0 Å². The third kappa shape index (κ3) is 3.73. The summed E-state index contributed by atoms with van der Waals surface area (Å²) >= 11 is 1.64.